The Kier molecular flexibility index (Phi) is 9.79. The second-order valence-corrected chi connectivity index (χ2v) is 5.09. The zero-order chi connectivity index (χ0) is 13.3. The molecule has 1 rings (SSSR count). The van der Waals surface area contributed by atoms with E-state index in [-0.39, 0.29) is 0 Å². The van der Waals surface area contributed by atoms with Crippen molar-refractivity contribution in [2.75, 3.05) is 33.2 Å². The van der Waals surface area contributed by atoms with Crippen LogP contribution in [0.3, 0.4) is 0 Å². The fraction of sp³-hybridized carbons (Fsp3) is 1.00. The van der Waals surface area contributed by atoms with Gasteiger partial charge in [-0.3, -0.25) is 4.90 Å². The van der Waals surface area contributed by atoms with Crippen LogP contribution < -0.4 is 11.1 Å². The van der Waals surface area contributed by atoms with Gasteiger partial charge in [0.15, 0.2) is 0 Å². The summed E-state index contributed by atoms with van der Waals surface area (Å²) in [5.74, 6) is 1.69. The summed E-state index contributed by atoms with van der Waals surface area (Å²) in [6.07, 6.45) is 2.48. The third-order valence-corrected chi connectivity index (χ3v) is 3.59. The molecule has 1 aliphatic rings. The summed E-state index contributed by atoms with van der Waals surface area (Å²) in [7, 11) is 2.05. The molecular weight excluding hydrogens is 210 g/mol. The Morgan fingerprint density at radius 1 is 1.35 bits per heavy atom. The molecule has 0 aromatic rings. The van der Waals surface area contributed by atoms with E-state index in [1.807, 2.05) is 20.9 Å². The van der Waals surface area contributed by atoms with Crippen LogP contribution in [-0.4, -0.2) is 44.2 Å². The van der Waals surface area contributed by atoms with Gasteiger partial charge in [-0.05, 0) is 44.8 Å². The highest BCUT2D eigenvalue weighted by Gasteiger charge is 2.32. The van der Waals surface area contributed by atoms with Crippen LogP contribution in [0.25, 0.3) is 0 Å². The van der Waals surface area contributed by atoms with Gasteiger partial charge >= 0.3 is 0 Å². The Hall–Kier alpha value is -0.120. The molecule has 3 heteroatoms. The summed E-state index contributed by atoms with van der Waals surface area (Å²) < 4.78 is 0. The molecule has 17 heavy (non-hydrogen) atoms. The van der Waals surface area contributed by atoms with Crippen molar-refractivity contribution in [3.63, 3.8) is 0 Å². The number of likely N-dealkylation sites (tertiary alicyclic amines) is 1. The van der Waals surface area contributed by atoms with Crippen molar-refractivity contribution in [1.82, 2.24) is 10.2 Å². The number of hydrogen-bond acceptors (Lipinski definition) is 3. The summed E-state index contributed by atoms with van der Waals surface area (Å²) in [5.41, 5.74) is 5.58. The minimum absolute atomic E-state index is 0.731. The van der Waals surface area contributed by atoms with Gasteiger partial charge in [-0.15, -0.1) is 0 Å². The maximum Gasteiger partial charge on any atom is 0.0223 e. The van der Waals surface area contributed by atoms with Crippen molar-refractivity contribution in [3.05, 3.63) is 0 Å². The van der Waals surface area contributed by atoms with Gasteiger partial charge in [0, 0.05) is 19.1 Å². The van der Waals surface area contributed by atoms with Crippen LogP contribution in [0.2, 0.25) is 0 Å². The number of nitrogens with two attached hydrogens (primary N) is 1. The van der Waals surface area contributed by atoms with Gasteiger partial charge in [-0.1, -0.05) is 27.7 Å². The van der Waals surface area contributed by atoms with Crippen molar-refractivity contribution >= 4 is 0 Å². The smallest absolute Gasteiger partial charge is 0.0223 e. The second-order valence-electron chi connectivity index (χ2n) is 5.09. The van der Waals surface area contributed by atoms with Crippen molar-refractivity contribution in [2.24, 2.45) is 17.6 Å². The molecule has 2 atom stereocenters. The number of nitrogens with zero attached hydrogens (tertiary/aromatic N) is 1. The molecule has 104 valence electrons. The van der Waals surface area contributed by atoms with Crippen LogP contribution in [0.4, 0.5) is 0 Å². The van der Waals surface area contributed by atoms with E-state index in [4.69, 9.17) is 5.73 Å². The van der Waals surface area contributed by atoms with Crippen LogP contribution in [0, 0.1) is 11.8 Å². The molecule has 0 aliphatic carbocycles. The van der Waals surface area contributed by atoms with E-state index in [9.17, 15) is 0 Å². The summed E-state index contributed by atoms with van der Waals surface area (Å²) in [6.45, 7) is 13.1. The van der Waals surface area contributed by atoms with Crippen LogP contribution in [-0.2, 0) is 0 Å². The van der Waals surface area contributed by atoms with Crippen LogP contribution in [0.1, 0.15) is 40.5 Å². The van der Waals surface area contributed by atoms with Gasteiger partial charge in [0.2, 0.25) is 0 Å². The van der Waals surface area contributed by atoms with Crippen LogP contribution >= 0.6 is 0 Å². The Bertz CT molecular complexity index is 171. The first-order valence-corrected chi connectivity index (χ1v) is 7.27. The second kappa shape index (κ2) is 9.86. The predicted molar refractivity (Wildman–Crippen MR) is 77.3 cm³/mol. The van der Waals surface area contributed by atoms with Crippen LogP contribution in [0.5, 0.6) is 0 Å². The molecule has 0 saturated carbocycles. The lowest BCUT2D eigenvalue weighted by atomic mass is 9.93. The van der Waals surface area contributed by atoms with Crippen molar-refractivity contribution in [1.29, 1.82) is 0 Å². The highest BCUT2D eigenvalue weighted by atomic mass is 15.2. The van der Waals surface area contributed by atoms with E-state index in [0.717, 1.165) is 37.4 Å². The Morgan fingerprint density at radius 2 is 2.00 bits per heavy atom. The minimum Gasteiger partial charge on any atom is -0.330 e. The summed E-state index contributed by atoms with van der Waals surface area (Å²) in [4.78, 5) is 2.62. The summed E-state index contributed by atoms with van der Waals surface area (Å²) in [5, 5.41) is 3.30. The molecule has 1 saturated heterocycles. The van der Waals surface area contributed by atoms with E-state index in [2.05, 4.69) is 24.1 Å². The van der Waals surface area contributed by atoms with Gasteiger partial charge in [0.25, 0.3) is 0 Å². The molecule has 3 N–H and O–H groups in total. The Morgan fingerprint density at radius 3 is 2.47 bits per heavy atom. The van der Waals surface area contributed by atoms with Crippen molar-refractivity contribution in [3.8, 4) is 0 Å². The van der Waals surface area contributed by atoms with Gasteiger partial charge in [0.05, 0.1) is 0 Å². The number of rotatable bonds is 6. The normalized spacial score (nSPS) is 24.9. The summed E-state index contributed by atoms with van der Waals surface area (Å²) in [6, 6.07) is 0.731. The SMILES string of the molecule is CC.CNCC1CC(C(C)C)CN1CCCN. The lowest BCUT2D eigenvalue weighted by molar-refractivity contribution is 0.242. The lowest BCUT2D eigenvalue weighted by Gasteiger charge is -2.23. The third kappa shape index (κ3) is 5.84. The minimum atomic E-state index is 0.731. The van der Waals surface area contributed by atoms with Gasteiger partial charge in [0.1, 0.15) is 0 Å². The first-order chi connectivity index (χ1) is 8.19. The van der Waals surface area contributed by atoms with Crippen molar-refractivity contribution in [2.45, 2.75) is 46.6 Å². The molecule has 2 unspecified atom stereocenters. The number of likely N-dealkylation sites (N-methyl/N-ethyl adjacent to an activating group) is 1. The molecular formula is C14H33N3. The fourth-order valence-corrected chi connectivity index (χ4v) is 2.52. The van der Waals surface area contributed by atoms with E-state index >= 15 is 0 Å². The molecule has 0 amide bonds. The van der Waals surface area contributed by atoms with E-state index in [1.54, 1.807) is 0 Å². The van der Waals surface area contributed by atoms with Gasteiger partial charge in [-0.2, -0.15) is 0 Å². The molecule has 0 spiro atoms. The van der Waals surface area contributed by atoms with Crippen molar-refractivity contribution < 1.29 is 0 Å². The van der Waals surface area contributed by atoms with E-state index in [1.165, 1.54) is 19.5 Å². The molecule has 3 nitrogen and oxygen atoms in total. The molecule has 1 aliphatic heterocycles. The van der Waals surface area contributed by atoms with E-state index in [0.29, 0.717) is 0 Å². The molecule has 0 bridgehead atoms. The zero-order valence-corrected chi connectivity index (χ0v) is 12.5. The Balaban J connectivity index is 0.00000121. The van der Waals surface area contributed by atoms with Gasteiger partial charge < -0.3 is 11.1 Å². The molecule has 0 aromatic heterocycles. The molecule has 0 radical (unpaired) electrons. The molecule has 0 aromatic carbocycles. The quantitative estimate of drug-likeness (QED) is 0.749. The Labute approximate surface area is 108 Å². The summed E-state index contributed by atoms with van der Waals surface area (Å²) >= 11 is 0. The third-order valence-electron chi connectivity index (χ3n) is 3.59. The number of hydrogen-bond donors (Lipinski definition) is 2. The monoisotopic (exact) mass is 243 g/mol. The largest absolute Gasteiger partial charge is 0.330 e. The highest BCUT2D eigenvalue weighted by molar-refractivity contribution is 4.87. The first kappa shape index (κ1) is 16.9. The topological polar surface area (TPSA) is 41.3 Å². The highest BCUT2D eigenvalue weighted by Crippen LogP contribution is 2.28. The average molecular weight is 243 g/mol. The predicted octanol–water partition coefficient (Wildman–Crippen LogP) is 1.93. The maximum atomic E-state index is 5.58. The van der Waals surface area contributed by atoms with E-state index < -0.39 is 0 Å². The zero-order valence-electron chi connectivity index (χ0n) is 12.5. The number of nitrogens with one attached hydrogen (secondary N) is 1. The standard InChI is InChI=1S/C12H27N3.C2H6/c1-10(2)11-7-12(8-14-3)15(9-11)6-4-5-13;1-2/h10-12,14H,4-9,13H2,1-3H3;1-2H3. The van der Waals surface area contributed by atoms with Crippen LogP contribution in [0.15, 0.2) is 0 Å². The molecule has 1 fully saturated rings. The molecule has 1 heterocycles. The lowest BCUT2D eigenvalue weighted by Crippen LogP contribution is -2.37. The first-order valence-electron chi connectivity index (χ1n) is 7.27. The van der Waals surface area contributed by atoms with Gasteiger partial charge in [-0.25, -0.2) is 0 Å². The maximum absolute atomic E-state index is 5.58. The average Bonchev–Trinajstić information content (AvgIpc) is 2.73. The fourth-order valence-electron chi connectivity index (χ4n) is 2.52.